The lowest BCUT2D eigenvalue weighted by molar-refractivity contribution is 0.601. The number of nitriles is 1. The zero-order valence-corrected chi connectivity index (χ0v) is 16.4. The van der Waals surface area contributed by atoms with Gasteiger partial charge in [0, 0.05) is 23.1 Å². The molecule has 4 aromatic rings. The Balaban J connectivity index is 1.62. The fourth-order valence-corrected chi connectivity index (χ4v) is 4.20. The average molecular weight is 404 g/mol. The molecule has 8 nitrogen and oxygen atoms in total. The minimum Gasteiger partial charge on any atom is -0.280 e. The third-order valence-corrected chi connectivity index (χ3v) is 5.87. The first kappa shape index (κ1) is 18.6. The Hall–Kier alpha value is -3.77. The number of nitrogens with zero attached hydrogens (tertiary/aromatic N) is 4. The highest BCUT2D eigenvalue weighted by molar-refractivity contribution is 7.92. The molecule has 0 aliphatic rings. The fraction of sp³-hybridized carbons (Fsp3) is 0.100. The van der Waals surface area contributed by atoms with E-state index in [2.05, 4.69) is 24.9 Å². The Bertz CT molecular complexity index is 1370. The van der Waals surface area contributed by atoms with Gasteiger partial charge in [0.2, 0.25) is 0 Å². The summed E-state index contributed by atoms with van der Waals surface area (Å²) in [5.41, 5.74) is 3.40. The van der Waals surface area contributed by atoms with Crippen LogP contribution in [-0.4, -0.2) is 28.6 Å². The number of aromatic amines is 1. The van der Waals surface area contributed by atoms with Crippen molar-refractivity contribution in [3.8, 4) is 17.5 Å². The smallest absolute Gasteiger partial charge is 0.263 e. The monoisotopic (exact) mass is 404 g/mol. The second kappa shape index (κ2) is 7.00. The molecule has 0 aliphatic heterocycles. The number of hydrogen-bond acceptors (Lipinski definition) is 6. The highest BCUT2D eigenvalue weighted by atomic mass is 32.2. The van der Waals surface area contributed by atoms with Crippen LogP contribution in [0.25, 0.3) is 22.4 Å². The van der Waals surface area contributed by atoms with Crippen molar-refractivity contribution in [3.63, 3.8) is 0 Å². The molecular formula is C20H16N6O2S. The SMILES string of the molecule is Cc1ccc(C#N)c(S(=O)(=O)Nc2ccc(-c3ncc4c(C)[nH]nc4n3)cc2)c1. The molecule has 0 amide bonds. The summed E-state index contributed by atoms with van der Waals surface area (Å²) >= 11 is 0. The van der Waals surface area contributed by atoms with Gasteiger partial charge in [0.1, 0.15) is 11.0 Å². The quantitative estimate of drug-likeness (QED) is 0.538. The molecule has 0 spiro atoms. The zero-order valence-electron chi connectivity index (χ0n) is 15.6. The number of sulfonamides is 1. The molecule has 0 bridgehead atoms. The molecular weight excluding hydrogens is 388 g/mol. The summed E-state index contributed by atoms with van der Waals surface area (Å²) in [5, 5.41) is 17.1. The number of fused-ring (bicyclic) bond motifs is 1. The number of hydrogen-bond donors (Lipinski definition) is 2. The number of anilines is 1. The Kier molecular flexibility index (Phi) is 4.48. The summed E-state index contributed by atoms with van der Waals surface area (Å²) in [6.07, 6.45) is 1.70. The molecule has 9 heteroatoms. The van der Waals surface area contributed by atoms with E-state index in [1.54, 1.807) is 43.5 Å². The van der Waals surface area contributed by atoms with Crippen LogP contribution in [0.1, 0.15) is 16.8 Å². The van der Waals surface area contributed by atoms with Gasteiger partial charge in [-0.15, -0.1) is 0 Å². The summed E-state index contributed by atoms with van der Waals surface area (Å²) < 4.78 is 28.0. The molecule has 2 heterocycles. The lowest BCUT2D eigenvalue weighted by Crippen LogP contribution is -2.14. The van der Waals surface area contributed by atoms with Crippen LogP contribution in [0, 0.1) is 25.2 Å². The van der Waals surface area contributed by atoms with Crippen LogP contribution in [0.4, 0.5) is 5.69 Å². The Morgan fingerprint density at radius 1 is 1.10 bits per heavy atom. The van der Waals surface area contributed by atoms with Crippen molar-refractivity contribution in [3.05, 3.63) is 65.5 Å². The van der Waals surface area contributed by atoms with Gasteiger partial charge in [-0.25, -0.2) is 18.4 Å². The van der Waals surface area contributed by atoms with E-state index in [4.69, 9.17) is 0 Å². The topological polar surface area (TPSA) is 124 Å². The van der Waals surface area contributed by atoms with Crippen molar-refractivity contribution in [1.29, 1.82) is 5.26 Å². The van der Waals surface area contributed by atoms with Gasteiger partial charge in [0.05, 0.1) is 10.9 Å². The maximum absolute atomic E-state index is 12.7. The number of rotatable bonds is 4. The second-order valence-electron chi connectivity index (χ2n) is 6.57. The molecule has 0 aliphatic carbocycles. The van der Waals surface area contributed by atoms with Crippen LogP contribution in [0.2, 0.25) is 0 Å². The highest BCUT2D eigenvalue weighted by Gasteiger charge is 2.19. The lowest BCUT2D eigenvalue weighted by Gasteiger charge is -2.10. The minimum absolute atomic E-state index is 0.0493. The Labute approximate surface area is 167 Å². The predicted molar refractivity (Wildman–Crippen MR) is 109 cm³/mol. The normalized spacial score (nSPS) is 11.3. The largest absolute Gasteiger partial charge is 0.280 e. The van der Waals surface area contributed by atoms with E-state index in [-0.39, 0.29) is 10.5 Å². The van der Waals surface area contributed by atoms with Gasteiger partial charge < -0.3 is 0 Å². The molecule has 0 fully saturated rings. The van der Waals surface area contributed by atoms with Crippen molar-refractivity contribution in [2.24, 2.45) is 0 Å². The number of H-pyrrole nitrogens is 1. The average Bonchev–Trinajstić information content (AvgIpc) is 3.08. The standard InChI is InChI=1S/C20H16N6O2S/c1-12-3-4-15(10-21)18(9-12)29(27,28)26-16-7-5-14(6-8-16)19-22-11-17-13(2)24-25-20(17)23-19/h3-9,11,26H,1-2H3,(H,22,23,24,25). The lowest BCUT2D eigenvalue weighted by atomic mass is 10.2. The van der Waals surface area contributed by atoms with Crippen molar-refractivity contribution in [2.45, 2.75) is 18.7 Å². The van der Waals surface area contributed by atoms with E-state index in [1.807, 2.05) is 13.0 Å². The van der Waals surface area contributed by atoms with E-state index in [0.717, 1.165) is 22.2 Å². The van der Waals surface area contributed by atoms with Crippen LogP contribution in [-0.2, 0) is 10.0 Å². The number of aromatic nitrogens is 4. The molecule has 144 valence electrons. The summed E-state index contributed by atoms with van der Waals surface area (Å²) in [6, 6.07) is 13.3. The van der Waals surface area contributed by atoms with E-state index >= 15 is 0 Å². The molecule has 0 atom stereocenters. The molecule has 0 saturated heterocycles. The molecule has 0 saturated carbocycles. The van der Waals surface area contributed by atoms with E-state index in [0.29, 0.717) is 17.2 Å². The maximum atomic E-state index is 12.7. The first-order chi connectivity index (χ1) is 13.9. The third kappa shape index (κ3) is 3.53. The van der Waals surface area contributed by atoms with E-state index in [9.17, 15) is 13.7 Å². The van der Waals surface area contributed by atoms with Crippen LogP contribution in [0.3, 0.4) is 0 Å². The molecule has 0 radical (unpaired) electrons. The van der Waals surface area contributed by atoms with Gasteiger partial charge in [-0.2, -0.15) is 10.4 Å². The maximum Gasteiger partial charge on any atom is 0.263 e. The molecule has 0 unspecified atom stereocenters. The molecule has 29 heavy (non-hydrogen) atoms. The van der Waals surface area contributed by atoms with E-state index in [1.165, 1.54) is 12.1 Å². The van der Waals surface area contributed by atoms with Crippen molar-refractivity contribution >= 4 is 26.7 Å². The summed E-state index contributed by atoms with van der Waals surface area (Å²) in [5.74, 6) is 0.490. The Morgan fingerprint density at radius 3 is 2.59 bits per heavy atom. The fourth-order valence-electron chi connectivity index (χ4n) is 2.90. The van der Waals surface area contributed by atoms with Gasteiger partial charge in [-0.3, -0.25) is 9.82 Å². The second-order valence-corrected chi connectivity index (χ2v) is 8.22. The molecule has 2 aromatic carbocycles. The van der Waals surface area contributed by atoms with Crippen molar-refractivity contribution < 1.29 is 8.42 Å². The van der Waals surface area contributed by atoms with Gasteiger partial charge >= 0.3 is 0 Å². The highest BCUT2D eigenvalue weighted by Crippen LogP contribution is 2.24. The summed E-state index contributed by atoms with van der Waals surface area (Å²) in [4.78, 5) is 8.72. The minimum atomic E-state index is -3.90. The van der Waals surface area contributed by atoms with Crippen LogP contribution in [0.15, 0.2) is 53.6 Å². The molecule has 2 aromatic heterocycles. The van der Waals surface area contributed by atoms with Crippen molar-refractivity contribution in [2.75, 3.05) is 4.72 Å². The molecule has 2 N–H and O–H groups in total. The van der Waals surface area contributed by atoms with Crippen LogP contribution >= 0.6 is 0 Å². The van der Waals surface area contributed by atoms with E-state index < -0.39 is 10.0 Å². The summed E-state index contributed by atoms with van der Waals surface area (Å²) in [7, 11) is -3.90. The number of nitrogens with one attached hydrogen (secondary N) is 2. The van der Waals surface area contributed by atoms with Crippen molar-refractivity contribution in [1.82, 2.24) is 20.2 Å². The van der Waals surface area contributed by atoms with Crippen LogP contribution < -0.4 is 4.72 Å². The first-order valence-electron chi connectivity index (χ1n) is 8.69. The molecule has 4 rings (SSSR count). The van der Waals surface area contributed by atoms with Gasteiger partial charge in [-0.05, 0) is 55.8 Å². The Morgan fingerprint density at radius 2 is 1.86 bits per heavy atom. The number of aryl methyl sites for hydroxylation is 2. The third-order valence-electron chi connectivity index (χ3n) is 4.44. The van der Waals surface area contributed by atoms with Gasteiger partial charge in [-0.1, -0.05) is 6.07 Å². The first-order valence-corrected chi connectivity index (χ1v) is 10.2. The summed E-state index contributed by atoms with van der Waals surface area (Å²) in [6.45, 7) is 3.66. The van der Waals surface area contributed by atoms with Gasteiger partial charge in [0.25, 0.3) is 10.0 Å². The van der Waals surface area contributed by atoms with Gasteiger partial charge in [0.15, 0.2) is 11.5 Å². The predicted octanol–water partition coefficient (Wildman–Crippen LogP) is 3.31. The number of benzene rings is 2. The zero-order chi connectivity index (χ0) is 20.6. The van der Waals surface area contributed by atoms with Crippen LogP contribution in [0.5, 0.6) is 0 Å².